The zero-order chi connectivity index (χ0) is 10.8. The number of amides is 1. The van der Waals surface area contributed by atoms with E-state index in [0.717, 1.165) is 6.42 Å². The molecule has 0 aliphatic rings. The van der Waals surface area contributed by atoms with Crippen LogP contribution in [0.1, 0.15) is 26.7 Å². The lowest BCUT2D eigenvalue weighted by atomic mass is 10.3. The smallest absolute Gasteiger partial charge is 0.223 e. The third-order valence-electron chi connectivity index (χ3n) is 1.88. The minimum absolute atomic E-state index is 0.0359. The molecule has 0 saturated carbocycles. The third-order valence-corrected chi connectivity index (χ3v) is 1.88. The summed E-state index contributed by atoms with van der Waals surface area (Å²) in [7, 11) is 0. The van der Waals surface area contributed by atoms with Crippen LogP contribution in [0.25, 0.3) is 0 Å². The lowest BCUT2D eigenvalue weighted by Crippen LogP contribution is -2.31. The molecule has 0 spiro atoms. The van der Waals surface area contributed by atoms with Gasteiger partial charge in [0.15, 0.2) is 0 Å². The number of nitriles is 1. The topological polar surface area (TPSA) is 53.3 Å². The quantitative estimate of drug-likeness (QED) is 0.456. The van der Waals surface area contributed by atoms with Crippen molar-refractivity contribution in [3.8, 4) is 6.07 Å². The first kappa shape index (κ1) is 12.9. The van der Waals surface area contributed by atoms with Gasteiger partial charge in [-0.1, -0.05) is 0 Å². The van der Waals surface area contributed by atoms with E-state index in [2.05, 4.69) is 0 Å². The second kappa shape index (κ2) is 8.52. The summed E-state index contributed by atoms with van der Waals surface area (Å²) in [6, 6.07) is 1.98. The van der Waals surface area contributed by atoms with Crippen LogP contribution in [-0.4, -0.2) is 37.1 Å². The minimum atomic E-state index is 0.0359. The highest BCUT2D eigenvalue weighted by atomic mass is 16.5. The predicted octanol–water partition coefficient (Wildman–Crippen LogP) is 1.18. The normalized spacial score (nSPS) is 9.50. The Morgan fingerprint density at radius 3 is 2.71 bits per heavy atom. The zero-order valence-electron chi connectivity index (χ0n) is 8.95. The van der Waals surface area contributed by atoms with E-state index in [4.69, 9.17) is 10.00 Å². The standard InChI is InChI=1S/C10H18N2O2/c1-3-12(8-7-11)10(13)6-5-9-14-4-2/h3-6,8-9H2,1-2H3. The molecule has 0 bridgehead atoms. The summed E-state index contributed by atoms with van der Waals surface area (Å²) in [5.41, 5.74) is 0. The fraction of sp³-hybridized carbons (Fsp3) is 0.800. The molecule has 0 rings (SSSR count). The van der Waals surface area contributed by atoms with E-state index in [1.54, 1.807) is 4.90 Å². The summed E-state index contributed by atoms with van der Waals surface area (Å²) in [6.07, 6.45) is 1.20. The number of carbonyl (C=O) groups is 1. The first-order chi connectivity index (χ1) is 6.76. The second-order valence-corrected chi connectivity index (χ2v) is 2.87. The van der Waals surface area contributed by atoms with Crippen molar-refractivity contribution in [1.29, 1.82) is 5.26 Å². The van der Waals surface area contributed by atoms with Gasteiger partial charge in [-0.25, -0.2) is 0 Å². The van der Waals surface area contributed by atoms with Gasteiger partial charge in [0, 0.05) is 26.2 Å². The second-order valence-electron chi connectivity index (χ2n) is 2.87. The molecule has 0 aromatic carbocycles. The van der Waals surface area contributed by atoms with Gasteiger partial charge < -0.3 is 9.64 Å². The van der Waals surface area contributed by atoms with Gasteiger partial charge in [-0.3, -0.25) is 4.79 Å². The van der Waals surface area contributed by atoms with Crippen LogP contribution in [0, 0.1) is 11.3 Å². The summed E-state index contributed by atoms with van der Waals surface area (Å²) >= 11 is 0. The molecule has 0 heterocycles. The van der Waals surface area contributed by atoms with Crippen LogP contribution in [0.15, 0.2) is 0 Å². The Morgan fingerprint density at radius 2 is 2.21 bits per heavy atom. The van der Waals surface area contributed by atoms with Crippen LogP contribution in [0.4, 0.5) is 0 Å². The SMILES string of the molecule is CCOCCCC(=O)N(CC)CC#N. The minimum Gasteiger partial charge on any atom is -0.382 e. The largest absolute Gasteiger partial charge is 0.382 e. The molecule has 80 valence electrons. The molecule has 0 radical (unpaired) electrons. The molecule has 0 saturated heterocycles. The van der Waals surface area contributed by atoms with Crippen molar-refractivity contribution in [2.75, 3.05) is 26.3 Å². The predicted molar refractivity (Wildman–Crippen MR) is 53.6 cm³/mol. The Balaban J connectivity index is 3.65. The van der Waals surface area contributed by atoms with Crippen molar-refractivity contribution < 1.29 is 9.53 Å². The van der Waals surface area contributed by atoms with Crippen LogP contribution in [-0.2, 0) is 9.53 Å². The van der Waals surface area contributed by atoms with E-state index in [0.29, 0.717) is 26.2 Å². The molecule has 0 aliphatic heterocycles. The summed E-state index contributed by atoms with van der Waals surface area (Å²) in [5, 5.41) is 8.46. The molecule has 0 atom stereocenters. The Kier molecular flexibility index (Phi) is 7.86. The highest BCUT2D eigenvalue weighted by Crippen LogP contribution is 1.97. The lowest BCUT2D eigenvalue weighted by Gasteiger charge is -2.16. The maximum atomic E-state index is 11.4. The lowest BCUT2D eigenvalue weighted by molar-refractivity contribution is -0.130. The number of hydrogen-bond donors (Lipinski definition) is 0. The molecular weight excluding hydrogens is 180 g/mol. The van der Waals surface area contributed by atoms with Gasteiger partial charge in [0.1, 0.15) is 6.54 Å². The first-order valence-corrected chi connectivity index (χ1v) is 4.98. The van der Waals surface area contributed by atoms with Gasteiger partial charge in [0.05, 0.1) is 6.07 Å². The van der Waals surface area contributed by atoms with Crippen molar-refractivity contribution >= 4 is 5.91 Å². The molecule has 0 fully saturated rings. The molecule has 0 aliphatic carbocycles. The molecule has 0 aromatic rings. The Hall–Kier alpha value is -1.08. The van der Waals surface area contributed by atoms with Crippen LogP contribution in [0.5, 0.6) is 0 Å². The van der Waals surface area contributed by atoms with Crippen molar-refractivity contribution in [3.05, 3.63) is 0 Å². The Bertz CT molecular complexity index is 199. The number of nitrogens with zero attached hydrogens (tertiary/aromatic N) is 2. The average molecular weight is 198 g/mol. The van der Waals surface area contributed by atoms with Gasteiger partial charge in [0.25, 0.3) is 0 Å². The third kappa shape index (κ3) is 5.55. The maximum absolute atomic E-state index is 11.4. The molecule has 4 nitrogen and oxygen atoms in total. The van der Waals surface area contributed by atoms with E-state index in [1.807, 2.05) is 19.9 Å². The summed E-state index contributed by atoms with van der Waals surface area (Å²) < 4.78 is 5.12. The van der Waals surface area contributed by atoms with E-state index in [9.17, 15) is 4.79 Å². The van der Waals surface area contributed by atoms with Crippen molar-refractivity contribution in [1.82, 2.24) is 4.90 Å². The average Bonchev–Trinajstić information content (AvgIpc) is 2.20. The van der Waals surface area contributed by atoms with Crippen LogP contribution < -0.4 is 0 Å². The van der Waals surface area contributed by atoms with Crippen LogP contribution >= 0.6 is 0 Å². The fourth-order valence-electron chi connectivity index (χ4n) is 1.09. The molecule has 1 amide bonds. The van der Waals surface area contributed by atoms with E-state index >= 15 is 0 Å². The Labute approximate surface area is 85.5 Å². The van der Waals surface area contributed by atoms with E-state index < -0.39 is 0 Å². The van der Waals surface area contributed by atoms with Crippen molar-refractivity contribution in [2.45, 2.75) is 26.7 Å². The fourth-order valence-corrected chi connectivity index (χ4v) is 1.09. The molecule has 0 aromatic heterocycles. The molecule has 4 heteroatoms. The van der Waals surface area contributed by atoms with Gasteiger partial charge in [-0.05, 0) is 20.3 Å². The Morgan fingerprint density at radius 1 is 1.50 bits per heavy atom. The van der Waals surface area contributed by atoms with Gasteiger partial charge in [-0.2, -0.15) is 5.26 Å². The van der Waals surface area contributed by atoms with E-state index in [-0.39, 0.29) is 12.5 Å². The van der Waals surface area contributed by atoms with Crippen molar-refractivity contribution in [3.63, 3.8) is 0 Å². The maximum Gasteiger partial charge on any atom is 0.223 e. The van der Waals surface area contributed by atoms with Gasteiger partial charge >= 0.3 is 0 Å². The van der Waals surface area contributed by atoms with Crippen LogP contribution in [0.2, 0.25) is 0 Å². The molecular formula is C10H18N2O2. The highest BCUT2D eigenvalue weighted by molar-refractivity contribution is 5.76. The highest BCUT2D eigenvalue weighted by Gasteiger charge is 2.09. The molecule has 14 heavy (non-hydrogen) atoms. The zero-order valence-corrected chi connectivity index (χ0v) is 8.95. The van der Waals surface area contributed by atoms with Crippen LogP contribution in [0.3, 0.4) is 0 Å². The monoisotopic (exact) mass is 198 g/mol. The number of hydrogen-bond acceptors (Lipinski definition) is 3. The summed E-state index contributed by atoms with van der Waals surface area (Å²) in [6.45, 7) is 5.88. The van der Waals surface area contributed by atoms with Gasteiger partial charge in [-0.15, -0.1) is 0 Å². The summed E-state index contributed by atoms with van der Waals surface area (Å²) in [5.74, 6) is 0.0359. The van der Waals surface area contributed by atoms with Gasteiger partial charge in [0.2, 0.25) is 5.91 Å². The van der Waals surface area contributed by atoms with Crippen molar-refractivity contribution in [2.24, 2.45) is 0 Å². The first-order valence-electron chi connectivity index (χ1n) is 4.98. The van der Waals surface area contributed by atoms with E-state index in [1.165, 1.54) is 0 Å². The molecule has 0 N–H and O–H groups in total. The number of ether oxygens (including phenoxy) is 1. The summed E-state index contributed by atoms with van der Waals surface area (Å²) in [4.78, 5) is 13.0. The number of carbonyl (C=O) groups excluding carboxylic acids is 1. The molecule has 0 unspecified atom stereocenters. The number of rotatable bonds is 7.